The number of hydrogen-bond acceptors (Lipinski definition) is 0. The molecule has 0 nitrogen and oxygen atoms in total. The first-order chi connectivity index (χ1) is 6.36. The second-order valence-electron chi connectivity index (χ2n) is 3.04. The Balaban J connectivity index is 2.48. The van der Waals surface area contributed by atoms with Crippen molar-refractivity contribution in [3.05, 3.63) is 60.2 Å². The first kappa shape index (κ1) is 8.06. The van der Waals surface area contributed by atoms with Gasteiger partial charge in [-0.25, -0.2) is 0 Å². The topological polar surface area (TPSA) is 0 Å². The van der Waals surface area contributed by atoms with Crippen LogP contribution in [-0.2, 0) is 0 Å². The third-order valence-corrected chi connectivity index (χ3v) is 1.94. The zero-order chi connectivity index (χ0) is 9.10. The van der Waals surface area contributed by atoms with Gasteiger partial charge in [-0.05, 0) is 41.8 Å². The highest BCUT2D eigenvalue weighted by atomic mass is 14.0. The fourth-order valence-electron chi connectivity index (χ4n) is 1.31. The van der Waals surface area contributed by atoms with Crippen molar-refractivity contribution in [1.82, 2.24) is 0 Å². The zero-order valence-electron chi connectivity index (χ0n) is 7.54. The summed E-state index contributed by atoms with van der Waals surface area (Å²) in [7, 11) is 0. The van der Waals surface area contributed by atoms with Gasteiger partial charge in [0.2, 0.25) is 0 Å². The van der Waals surface area contributed by atoms with E-state index in [9.17, 15) is 0 Å². The number of aryl methyl sites for hydroxylation is 1. The van der Waals surface area contributed by atoms with Crippen molar-refractivity contribution in [3.63, 3.8) is 0 Å². The molecule has 2 aromatic carbocycles. The van der Waals surface area contributed by atoms with Gasteiger partial charge < -0.3 is 0 Å². The third-order valence-electron chi connectivity index (χ3n) is 1.94. The molecule has 0 heterocycles. The van der Waals surface area contributed by atoms with Crippen LogP contribution in [0, 0.1) is 19.1 Å². The number of hydrogen-bond donors (Lipinski definition) is 0. The first-order valence-electron chi connectivity index (χ1n) is 4.32. The van der Waals surface area contributed by atoms with Gasteiger partial charge in [-0.2, -0.15) is 0 Å². The average molecular weight is 166 g/mol. The molecule has 0 saturated carbocycles. The predicted molar refractivity (Wildman–Crippen MR) is 54.3 cm³/mol. The fourth-order valence-corrected chi connectivity index (χ4v) is 1.31. The summed E-state index contributed by atoms with van der Waals surface area (Å²) in [5.74, 6) is 0. The monoisotopic (exact) mass is 166 g/mol. The lowest BCUT2D eigenvalue weighted by molar-refractivity contribution is 1.45. The third kappa shape index (κ3) is 1.78. The van der Waals surface area contributed by atoms with Crippen molar-refractivity contribution in [2.24, 2.45) is 0 Å². The van der Waals surface area contributed by atoms with Crippen LogP contribution < -0.4 is 0 Å². The lowest BCUT2D eigenvalue weighted by Crippen LogP contribution is -1.78. The van der Waals surface area contributed by atoms with E-state index in [4.69, 9.17) is 0 Å². The molecule has 0 aliphatic heterocycles. The summed E-state index contributed by atoms with van der Waals surface area (Å²) in [6.07, 6.45) is 0. The van der Waals surface area contributed by atoms with Gasteiger partial charge in [0.05, 0.1) is 0 Å². The van der Waals surface area contributed by atoms with E-state index in [0.29, 0.717) is 0 Å². The minimum Gasteiger partial charge on any atom is -0.0622 e. The van der Waals surface area contributed by atoms with Crippen LogP contribution in [0.4, 0.5) is 0 Å². The van der Waals surface area contributed by atoms with E-state index in [1.54, 1.807) is 0 Å². The minimum absolute atomic E-state index is 1.11. The molecule has 0 unspecified atom stereocenters. The second-order valence-corrected chi connectivity index (χ2v) is 3.04. The van der Waals surface area contributed by atoms with Crippen LogP contribution in [0.5, 0.6) is 0 Å². The molecular weight excluding hydrogens is 156 g/mol. The Labute approximate surface area is 78.9 Å². The summed E-state index contributed by atoms with van der Waals surface area (Å²) in [6, 6.07) is 20.5. The molecule has 0 atom stereocenters. The molecule has 0 fully saturated rings. The Kier molecular flexibility index (Phi) is 2.13. The Bertz CT molecular complexity index is 388. The normalized spacial score (nSPS) is 9.92. The maximum absolute atomic E-state index is 3.29. The predicted octanol–water partition coefficient (Wildman–Crippen LogP) is 3.26. The molecule has 0 aromatic heterocycles. The molecule has 2 aromatic rings. The fraction of sp³-hybridized carbons (Fsp3) is 0.0769. The highest BCUT2D eigenvalue weighted by Crippen LogP contribution is 2.18. The molecule has 62 valence electrons. The van der Waals surface area contributed by atoms with Gasteiger partial charge >= 0.3 is 0 Å². The molecule has 13 heavy (non-hydrogen) atoms. The van der Waals surface area contributed by atoms with Crippen LogP contribution in [0.25, 0.3) is 11.1 Å². The molecular formula is C13H10. The van der Waals surface area contributed by atoms with E-state index < -0.39 is 0 Å². The van der Waals surface area contributed by atoms with E-state index >= 15 is 0 Å². The van der Waals surface area contributed by atoms with Gasteiger partial charge in [0.25, 0.3) is 0 Å². The van der Waals surface area contributed by atoms with Crippen LogP contribution in [0.15, 0.2) is 42.5 Å². The molecule has 2 radical (unpaired) electrons. The molecule has 0 N–H and O–H groups in total. The standard InChI is InChI=1S/C13H10/c1-11-6-5-9-13(10-11)12-7-3-2-4-8-12/h2-4,6-9H,1H3. The van der Waals surface area contributed by atoms with Crippen LogP contribution in [0.3, 0.4) is 0 Å². The summed E-state index contributed by atoms with van der Waals surface area (Å²) in [6.45, 7) is 2.03. The van der Waals surface area contributed by atoms with Crippen molar-refractivity contribution < 1.29 is 0 Å². The Morgan fingerprint density at radius 3 is 2.46 bits per heavy atom. The van der Waals surface area contributed by atoms with Crippen LogP contribution in [0.2, 0.25) is 0 Å². The highest BCUT2D eigenvalue weighted by Gasteiger charge is 1.95. The van der Waals surface area contributed by atoms with Crippen LogP contribution in [-0.4, -0.2) is 0 Å². The quantitative estimate of drug-likeness (QED) is 0.610. The number of benzene rings is 2. The van der Waals surface area contributed by atoms with Gasteiger partial charge in [0, 0.05) is 0 Å². The minimum atomic E-state index is 1.11. The van der Waals surface area contributed by atoms with Crippen LogP contribution in [0.1, 0.15) is 5.56 Å². The summed E-state index contributed by atoms with van der Waals surface area (Å²) in [5.41, 5.74) is 3.43. The molecule has 0 saturated heterocycles. The number of rotatable bonds is 1. The lowest BCUT2D eigenvalue weighted by atomic mass is 10.0. The summed E-state index contributed by atoms with van der Waals surface area (Å²) in [5, 5.41) is 0. The Hall–Kier alpha value is -1.56. The van der Waals surface area contributed by atoms with Gasteiger partial charge in [-0.3, -0.25) is 0 Å². The van der Waals surface area contributed by atoms with E-state index in [-0.39, 0.29) is 0 Å². The zero-order valence-corrected chi connectivity index (χ0v) is 7.54. The molecule has 0 heteroatoms. The van der Waals surface area contributed by atoms with Crippen molar-refractivity contribution in [1.29, 1.82) is 0 Å². The molecule has 0 aliphatic carbocycles. The smallest absolute Gasteiger partial charge is 0.00668 e. The molecule has 0 spiro atoms. The summed E-state index contributed by atoms with van der Waals surface area (Å²) >= 11 is 0. The van der Waals surface area contributed by atoms with Crippen molar-refractivity contribution in [2.45, 2.75) is 6.92 Å². The van der Waals surface area contributed by atoms with E-state index in [2.05, 4.69) is 24.3 Å². The lowest BCUT2D eigenvalue weighted by Gasteiger charge is -2.00. The van der Waals surface area contributed by atoms with E-state index in [0.717, 1.165) is 11.1 Å². The Morgan fingerprint density at radius 2 is 1.77 bits per heavy atom. The van der Waals surface area contributed by atoms with Gasteiger partial charge in [-0.15, -0.1) is 0 Å². The summed E-state index contributed by atoms with van der Waals surface area (Å²) in [4.78, 5) is 0. The van der Waals surface area contributed by atoms with E-state index in [1.165, 1.54) is 5.56 Å². The van der Waals surface area contributed by atoms with Crippen LogP contribution >= 0.6 is 0 Å². The molecule has 0 amide bonds. The van der Waals surface area contributed by atoms with E-state index in [1.807, 2.05) is 37.3 Å². The van der Waals surface area contributed by atoms with Crippen molar-refractivity contribution in [3.8, 4) is 11.1 Å². The summed E-state index contributed by atoms with van der Waals surface area (Å²) < 4.78 is 0. The average Bonchev–Trinajstić information content (AvgIpc) is 2.19. The molecule has 0 bridgehead atoms. The van der Waals surface area contributed by atoms with Crippen molar-refractivity contribution in [2.75, 3.05) is 0 Å². The van der Waals surface area contributed by atoms with Gasteiger partial charge in [0.1, 0.15) is 0 Å². The van der Waals surface area contributed by atoms with Gasteiger partial charge in [-0.1, -0.05) is 36.4 Å². The largest absolute Gasteiger partial charge is 0.0622 e. The SMILES string of the molecule is Cc1[c]c(-c2ccccc2)c[c]c1. The first-order valence-corrected chi connectivity index (χ1v) is 4.32. The van der Waals surface area contributed by atoms with Gasteiger partial charge in [0.15, 0.2) is 0 Å². The highest BCUT2D eigenvalue weighted by molar-refractivity contribution is 5.62. The molecule has 2 rings (SSSR count). The van der Waals surface area contributed by atoms with Crippen molar-refractivity contribution >= 4 is 0 Å². The second kappa shape index (κ2) is 3.44. The Morgan fingerprint density at radius 1 is 1.00 bits per heavy atom. The maximum atomic E-state index is 3.29. The molecule has 0 aliphatic rings. The maximum Gasteiger partial charge on any atom is -0.00668 e.